The topological polar surface area (TPSA) is 40.1 Å². The molecule has 0 bridgehead atoms. The molecule has 5 nitrogen and oxygen atoms in total. The third-order valence-corrected chi connectivity index (χ3v) is 4.87. The van der Waals surface area contributed by atoms with Crippen LogP contribution in [0.4, 0.5) is 0 Å². The number of likely N-dealkylation sites (tertiary alicyclic amines) is 1. The van der Waals surface area contributed by atoms with Crippen LogP contribution in [0.5, 0.6) is 0 Å². The SMILES string of the molecule is CCNC(=NC[C@H]1CCCN1CC(C)C)N(C)CCOCC1CC1.I. The lowest BCUT2D eigenvalue weighted by Gasteiger charge is -2.26. The Morgan fingerprint density at radius 3 is 2.72 bits per heavy atom. The Balaban J connectivity index is 0.00000312. The van der Waals surface area contributed by atoms with Crippen LogP contribution in [0.25, 0.3) is 0 Å². The maximum absolute atomic E-state index is 5.76. The van der Waals surface area contributed by atoms with Crippen molar-refractivity contribution in [1.29, 1.82) is 0 Å². The molecule has 0 amide bonds. The molecule has 0 unspecified atom stereocenters. The number of halogens is 1. The smallest absolute Gasteiger partial charge is 0.193 e. The number of rotatable bonds is 10. The lowest BCUT2D eigenvalue weighted by atomic mass is 10.2. The van der Waals surface area contributed by atoms with Crippen LogP contribution < -0.4 is 5.32 Å². The van der Waals surface area contributed by atoms with Gasteiger partial charge in [-0.2, -0.15) is 0 Å². The summed E-state index contributed by atoms with van der Waals surface area (Å²) in [6, 6.07) is 0.612. The van der Waals surface area contributed by atoms with E-state index in [9.17, 15) is 0 Å². The van der Waals surface area contributed by atoms with Crippen molar-refractivity contribution < 1.29 is 4.74 Å². The van der Waals surface area contributed by atoms with Crippen molar-refractivity contribution in [3.8, 4) is 0 Å². The van der Waals surface area contributed by atoms with Crippen molar-refractivity contribution in [2.24, 2.45) is 16.8 Å². The lowest BCUT2D eigenvalue weighted by molar-refractivity contribution is 0.115. The minimum absolute atomic E-state index is 0. The van der Waals surface area contributed by atoms with E-state index < -0.39 is 0 Å². The van der Waals surface area contributed by atoms with Crippen LogP contribution in [-0.2, 0) is 4.74 Å². The van der Waals surface area contributed by atoms with Gasteiger partial charge in [0.1, 0.15) is 0 Å². The summed E-state index contributed by atoms with van der Waals surface area (Å²) in [6.45, 7) is 13.6. The summed E-state index contributed by atoms with van der Waals surface area (Å²) >= 11 is 0. The van der Waals surface area contributed by atoms with Gasteiger partial charge in [-0.05, 0) is 51.0 Å². The van der Waals surface area contributed by atoms with Crippen LogP contribution in [0, 0.1) is 11.8 Å². The Kier molecular flexibility index (Phi) is 11.3. The summed E-state index contributed by atoms with van der Waals surface area (Å²) in [5, 5.41) is 3.43. The van der Waals surface area contributed by atoms with E-state index in [1.54, 1.807) is 0 Å². The highest BCUT2D eigenvalue weighted by Crippen LogP contribution is 2.28. The molecule has 1 heterocycles. The zero-order valence-corrected chi connectivity index (χ0v) is 19.0. The van der Waals surface area contributed by atoms with E-state index >= 15 is 0 Å². The Labute approximate surface area is 172 Å². The molecule has 1 saturated carbocycles. The highest BCUT2D eigenvalue weighted by molar-refractivity contribution is 14.0. The molecular weight excluding hydrogens is 427 g/mol. The van der Waals surface area contributed by atoms with Crippen molar-refractivity contribution in [1.82, 2.24) is 15.1 Å². The van der Waals surface area contributed by atoms with Crippen molar-refractivity contribution in [2.75, 3.05) is 53.0 Å². The first kappa shape index (κ1) is 23.0. The summed E-state index contributed by atoms with van der Waals surface area (Å²) in [7, 11) is 2.11. The van der Waals surface area contributed by atoms with Gasteiger partial charge in [0.15, 0.2) is 5.96 Å². The fourth-order valence-electron chi connectivity index (χ4n) is 3.31. The minimum Gasteiger partial charge on any atom is -0.379 e. The van der Waals surface area contributed by atoms with Gasteiger partial charge in [-0.25, -0.2) is 0 Å². The molecule has 0 aromatic rings. The molecule has 2 fully saturated rings. The van der Waals surface area contributed by atoms with E-state index in [4.69, 9.17) is 9.73 Å². The molecule has 0 radical (unpaired) electrons. The number of hydrogen-bond acceptors (Lipinski definition) is 3. The number of hydrogen-bond donors (Lipinski definition) is 1. The van der Waals surface area contributed by atoms with Crippen LogP contribution in [0.1, 0.15) is 46.5 Å². The molecule has 2 aliphatic rings. The fourth-order valence-corrected chi connectivity index (χ4v) is 3.31. The van der Waals surface area contributed by atoms with Crippen molar-refractivity contribution in [3.05, 3.63) is 0 Å². The monoisotopic (exact) mass is 466 g/mol. The predicted molar refractivity (Wildman–Crippen MR) is 117 cm³/mol. The van der Waals surface area contributed by atoms with Gasteiger partial charge in [-0.15, -0.1) is 24.0 Å². The number of likely N-dealkylation sites (N-methyl/N-ethyl adjacent to an activating group) is 1. The molecule has 0 aromatic carbocycles. The molecule has 0 aromatic heterocycles. The van der Waals surface area contributed by atoms with E-state index in [1.165, 1.54) is 38.8 Å². The number of aliphatic imine (C=N–C) groups is 1. The van der Waals surface area contributed by atoms with E-state index in [2.05, 4.69) is 42.9 Å². The molecular formula is C19H39IN4O. The maximum atomic E-state index is 5.76. The number of nitrogens with zero attached hydrogens (tertiary/aromatic N) is 3. The molecule has 25 heavy (non-hydrogen) atoms. The van der Waals surface area contributed by atoms with Crippen LogP contribution in [0.3, 0.4) is 0 Å². The van der Waals surface area contributed by atoms with Gasteiger partial charge in [-0.1, -0.05) is 13.8 Å². The molecule has 6 heteroatoms. The normalized spacial score (nSPS) is 21.5. The van der Waals surface area contributed by atoms with E-state index in [-0.39, 0.29) is 24.0 Å². The first-order chi connectivity index (χ1) is 11.6. The van der Waals surface area contributed by atoms with E-state index in [1.807, 2.05) is 0 Å². The predicted octanol–water partition coefficient (Wildman–Crippen LogP) is 3.05. The van der Waals surface area contributed by atoms with Crippen molar-refractivity contribution >= 4 is 29.9 Å². The van der Waals surface area contributed by atoms with Gasteiger partial charge in [0.2, 0.25) is 0 Å². The Bertz CT molecular complexity index is 388. The molecule has 1 aliphatic heterocycles. The van der Waals surface area contributed by atoms with Crippen molar-refractivity contribution in [2.45, 2.75) is 52.5 Å². The summed E-state index contributed by atoms with van der Waals surface area (Å²) in [6.07, 6.45) is 5.31. The minimum atomic E-state index is 0. The highest BCUT2D eigenvalue weighted by Gasteiger charge is 2.25. The second kappa shape index (κ2) is 12.3. The molecule has 2 rings (SSSR count). The molecule has 1 N–H and O–H groups in total. The fraction of sp³-hybridized carbons (Fsp3) is 0.947. The van der Waals surface area contributed by atoms with Crippen LogP contribution in [0.15, 0.2) is 4.99 Å². The highest BCUT2D eigenvalue weighted by atomic mass is 127. The Morgan fingerprint density at radius 2 is 2.08 bits per heavy atom. The Morgan fingerprint density at radius 1 is 1.32 bits per heavy atom. The van der Waals surface area contributed by atoms with Crippen LogP contribution in [0.2, 0.25) is 0 Å². The third kappa shape index (κ3) is 8.91. The summed E-state index contributed by atoms with van der Waals surface area (Å²) in [5.41, 5.74) is 0. The summed E-state index contributed by atoms with van der Waals surface area (Å²) < 4.78 is 5.76. The van der Waals surface area contributed by atoms with Crippen LogP contribution in [-0.4, -0.2) is 74.8 Å². The zero-order chi connectivity index (χ0) is 17.4. The zero-order valence-electron chi connectivity index (χ0n) is 16.7. The summed E-state index contributed by atoms with van der Waals surface area (Å²) in [4.78, 5) is 9.74. The first-order valence-electron chi connectivity index (χ1n) is 9.91. The van der Waals surface area contributed by atoms with E-state index in [0.717, 1.165) is 50.6 Å². The van der Waals surface area contributed by atoms with Gasteiger partial charge in [0.25, 0.3) is 0 Å². The quantitative estimate of drug-likeness (QED) is 0.233. The number of ether oxygens (including phenoxy) is 1. The average Bonchev–Trinajstić information content (AvgIpc) is 3.27. The molecule has 1 atom stereocenters. The van der Waals surface area contributed by atoms with Gasteiger partial charge >= 0.3 is 0 Å². The molecule has 0 spiro atoms. The number of nitrogens with one attached hydrogen (secondary N) is 1. The van der Waals surface area contributed by atoms with Crippen molar-refractivity contribution in [3.63, 3.8) is 0 Å². The molecule has 1 saturated heterocycles. The van der Waals surface area contributed by atoms with Gasteiger partial charge in [-0.3, -0.25) is 9.89 Å². The standard InChI is InChI=1S/C19H38N4O.HI/c1-5-20-19(22(4)11-12-24-15-17-8-9-17)21-13-18-7-6-10-23(18)14-16(2)3;/h16-18H,5-15H2,1-4H3,(H,20,21);1H/t18-;/m1./s1. The molecule has 148 valence electrons. The van der Waals surface area contributed by atoms with Gasteiger partial charge < -0.3 is 15.0 Å². The van der Waals surface area contributed by atoms with E-state index in [0.29, 0.717) is 6.04 Å². The largest absolute Gasteiger partial charge is 0.379 e. The van der Waals surface area contributed by atoms with Crippen LogP contribution >= 0.6 is 24.0 Å². The second-order valence-corrected chi connectivity index (χ2v) is 7.82. The first-order valence-corrected chi connectivity index (χ1v) is 9.91. The average molecular weight is 466 g/mol. The van der Waals surface area contributed by atoms with Gasteiger partial charge in [0.05, 0.1) is 13.2 Å². The number of guanidine groups is 1. The third-order valence-electron chi connectivity index (χ3n) is 4.87. The summed E-state index contributed by atoms with van der Waals surface area (Å²) in [5.74, 6) is 2.59. The molecule has 1 aliphatic carbocycles. The second-order valence-electron chi connectivity index (χ2n) is 7.82. The lowest BCUT2D eigenvalue weighted by Crippen LogP contribution is -2.42. The Hall–Kier alpha value is -0.0800. The van der Waals surface area contributed by atoms with Gasteiger partial charge in [0, 0.05) is 39.3 Å². The maximum Gasteiger partial charge on any atom is 0.193 e.